The number of hydrogen-bond acceptors (Lipinski definition) is 4. The average Bonchev–Trinajstić information content (AvgIpc) is 2.89. The maximum absolute atomic E-state index is 12.6. The van der Waals surface area contributed by atoms with E-state index in [2.05, 4.69) is 18.9 Å². The Kier molecular flexibility index (Phi) is 4.94. The van der Waals surface area contributed by atoms with Gasteiger partial charge in [-0.3, -0.25) is 9.48 Å². The molecule has 2 heterocycles. The average molecular weight is 280 g/mol. The summed E-state index contributed by atoms with van der Waals surface area (Å²) in [6.45, 7) is 7.79. The molecule has 1 aromatic rings. The van der Waals surface area contributed by atoms with Crippen LogP contribution < -0.4 is 0 Å². The smallest absolute Gasteiger partial charge is 0.170 e. The fourth-order valence-electron chi connectivity index (χ4n) is 2.57. The van der Waals surface area contributed by atoms with E-state index in [4.69, 9.17) is 9.47 Å². The molecule has 0 radical (unpaired) electrons. The van der Waals surface area contributed by atoms with Gasteiger partial charge in [0.1, 0.15) is 5.60 Å². The van der Waals surface area contributed by atoms with E-state index < -0.39 is 5.60 Å². The summed E-state index contributed by atoms with van der Waals surface area (Å²) in [4.78, 5) is 12.6. The third-order valence-electron chi connectivity index (χ3n) is 3.76. The van der Waals surface area contributed by atoms with Crippen molar-refractivity contribution in [1.82, 2.24) is 9.78 Å². The molecule has 1 aliphatic heterocycles. The van der Waals surface area contributed by atoms with Gasteiger partial charge in [-0.25, -0.2) is 0 Å². The molecule has 0 saturated carbocycles. The Bertz CT molecular complexity index is 442. The third-order valence-corrected chi connectivity index (χ3v) is 3.76. The molecule has 0 N–H and O–H groups in total. The molecule has 5 nitrogen and oxygen atoms in total. The molecule has 0 aliphatic carbocycles. The van der Waals surface area contributed by atoms with Crippen LogP contribution in [-0.2, 0) is 20.7 Å². The minimum Gasteiger partial charge on any atom is -0.381 e. The third kappa shape index (κ3) is 3.27. The van der Waals surface area contributed by atoms with Crippen molar-refractivity contribution in [2.45, 2.75) is 51.7 Å². The number of nitrogens with zero attached hydrogens (tertiary/aromatic N) is 2. The molecule has 1 aliphatic rings. The van der Waals surface area contributed by atoms with Gasteiger partial charge in [0.05, 0.1) is 12.1 Å². The molecule has 1 saturated heterocycles. The second-order valence-corrected chi connectivity index (χ2v) is 5.52. The zero-order valence-electron chi connectivity index (χ0n) is 12.6. The zero-order chi connectivity index (χ0) is 14.6. The van der Waals surface area contributed by atoms with E-state index in [9.17, 15) is 4.79 Å². The summed E-state index contributed by atoms with van der Waals surface area (Å²) in [6, 6.07) is 2.22. The van der Waals surface area contributed by atoms with E-state index in [1.54, 1.807) is 0 Å². The molecular weight excluding hydrogens is 256 g/mol. The first-order chi connectivity index (χ1) is 9.57. The number of carbonyl (C=O) groups excluding carboxylic acids is 1. The van der Waals surface area contributed by atoms with Crippen molar-refractivity contribution < 1.29 is 14.3 Å². The molecule has 0 unspecified atom stereocenters. The number of ether oxygens (including phenoxy) is 2. The van der Waals surface area contributed by atoms with E-state index in [1.165, 1.54) is 0 Å². The van der Waals surface area contributed by atoms with Crippen molar-refractivity contribution in [3.05, 3.63) is 18.0 Å². The summed E-state index contributed by atoms with van der Waals surface area (Å²) in [5.41, 5.74) is 0.142. The lowest BCUT2D eigenvalue weighted by molar-refractivity contribution is -0.156. The summed E-state index contributed by atoms with van der Waals surface area (Å²) < 4.78 is 13.0. The number of carbonyl (C=O) groups is 1. The van der Waals surface area contributed by atoms with E-state index in [1.807, 2.05) is 23.9 Å². The van der Waals surface area contributed by atoms with Crippen LogP contribution in [0.3, 0.4) is 0 Å². The topological polar surface area (TPSA) is 53.4 Å². The molecule has 0 bridgehead atoms. The first-order valence-corrected chi connectivity index (χ1v) is 7.36. The fourth-order valence-corrected chi connectivity index (χ4v) is 2.57. The quantitative estimate of drug-likeness (QED) is 0.801. The largest absolute Gasteiger partial charge is 0.381 e. The normalized spacial score (nSPS) is 18.4. The van der Waals surface area contributed by atoms with Gasteiger partial charge in [-0.05, 0) is 26.8 Å². The Hall–Kier alpha value is -1.20. The Morgan fingerprint density at radius 3 is 2.75 bits per heavy atom. The van der Waals surface area contributed by atoms with E-state index >= 15 is 0 Å². The van der Waals surface area contributed by atoms with Crippen LogP contribution >= 0.6 is 0 Å². The van der Waals surface area contributed by atoms with Crippen molar-refractivity contribution in [2.24, 2.45) is 0 Å². The Balaban J connectivity index is 2.07. The monoisotopic (exact) mass is 280 g/mol. The minimum atomic E-state index is -0.672. The summed E-state index contributed by atoms with van der Waals surface area (Å²) >= 11 is 0. The first-order valence-electron chi connectivity index (χ1n) is 7.36. The van der Waals surface area contributed by atoms with E-state index in [0.29, 0.717) is 45.1 Å². The molecule has 0 amide bonds. The second-order valence-electron chi connectivity index (χ2n) is 5.52. The predicted molar refractivity (Wildman–Crippen MR) is 75.7 cm³/mol. The predicted octanol–water partition coefficient (Wildman–Crippen LogP) is 2.16. The van der Waals surface area contributed by atoms with Gasteiger partial charge >= 0.3 is 0 Å². The van der Waals surface area contributed by atoms with Gasteiger partial charge in [0.25, 0.3) is 0 Å². The fraction of sp³-hybridized carbons (Fsp3) is 0.733. The number of hydrogen-bond donors (Lipinski definition) is 0. The van der Waals surface area contributed by atoms with E-state index in [-0.39, 0.29) is 5.78 Å². The highest BCUT2D eigenvalue weighted by Crippen LogP contribution is 2.27. The number of Topliss-reactive ketones (excluding diaryl/α,β-unsaturated/α-hetero) is 1. The molecule has 0 spiro atoms. The Morgan fingerprint density at radius 2 is 2.20 bits per heavy atom. The number of aromatic nitrogens is 2. The highest BCUT2D eigenvalue weighted by Gasteiger charge is 2.40. The molecule has 20 heavy (non-hydrogen) atoms. The van der Waals surface area contributed by atoms with Gasteiger partial charge in [0.2, 0.25) is 0 Å². The lowest BCUT2D eigenvalue weighted by Crippen LogP contribution is -2.47. The number of rotatable bonds is 6. The van der Waals surface area contributed by atoms with Crippen LogP contribution in [0.25, 0.3) is 0 Å². The Labute approximate surface area is 120 Å². The molecule has 0 aromatic carbocycles. The van der Waals surface area contributed by atoms with Crippen LogP contribution in [0.1, 0.15) is 45.3 Å². The molecular formula is C15H24N2O3. The van der Waals surface area contributed by atoms with Crippen LogP contribution in [0, 0.1) is 0 Å². The maximum Gasteiger partial charge on any atom is 0.170 e. The van der Waals surface area contributed by atoms with Crippen LogP contribution in [0.2, 0.25) is 0 Å². The van der Waals surface area contributed by atoms with Crippen molar-refractivity contribution in [2.75, 3.05) is 19.8 Å². The molecule has 112 valence electrons. The summed E-state index contributed by atoms with van der Waals surface area (Å²) in [7, 11) is 0. The highest BCUT2D eigenvalue weighted by molar-refractivity contribution is 5.89. The van der Waals surface area contributed by atoms with Crippen molar-refractivity contribution in [3.63, 3.8) is 0 Å². The standard InChI is InChI=1S/C15H24N2O3/c1-4-20-15(6-9-19-10-7-15)14(18)11-13-5-8-17(16-13)12(2)3/h5,8,12H,4,6-7,9-11H2,1-3H3. The van der Waals surface area contributed by atoms with Gasteiger partial charge in [-0.15, -0.1) is 0 Å². The molecule has 1 aromatic heterocycles. The van der Waals surface area contributed by atoms with Crippen LogP contribution in [0.5, 0.6) is 0 Å². The molecule has 2 rings (SSSR count). The van der Waals surface area contributed by atoms with Crippen LogP contribution in [0.15, 0.2) is 12.3 Å². The lowest BCUT2D eigenvalue weighted by atomic mass is 9.87. The van der Waals surface area contributed by atoms with Crippen molar-refractivity contribution >= 4 is 5.78 Å². The summed E-state index contributed by atoms with van der Waals surface area (Å²) in [6.07, 6.45) is 3.54. The molecule has 0 atom stereocenters. The number of ketones is 1. The van der Waals surface area contributed by atoms with Gasteiger partial charge in [0, 0.05) is 44.9 Å². The van der Waals surface area contributed by atoms with Gasteiger partial charge < -0.3 is 9.47 Å². The second kappa shape index (κ2) is 6.50. The van der Waals surface area contributed by atoms with Gasteiger partial charge in [0.15, 0.2) is 5.78 Å². The summed E-state index contributed by atoms with van der Waals surface area (Å²) in [5, 5.41) is 4.44. The van der Waals surface area contributed by atoms with Gasteiger partial charge in [-0.1, -0.05) is 0 Å². The van der Waals surface area contributed by atoms with Crippen molar-refractivity contribution in [3.8, 4) is 0 Å². The van der Waals surface area contributed by atoms with E-state index in [0.717, 1.165) is 5.69 Å². The van der Waals surface area contributed by atoms with Crippen LogP contribution in [-0.4, -0.2) is 41.0 Å². The summed E-state index contributed by atoms with van der Waals surface area (Å²) in [5.74, 6) is 0.122. The van der Waals surface area contributed by atoms with Crippen molar-refractivity contribution in [1.29, 1.82) is 0 Å². The SMILES string of the molecule is CCOC1(C(=O)Cc2ccn(C(C)C)n2)CCOCC1. The highest BCUT2D eigenvalue weighted by atomic mass is 16.5. The zero-order valence-corrected chi connectivity index (χ0v) is 12.6. The molecule has 5 heteroatoms. The minimum absolute atomic E-state index is 0.122. The lowest BCUT2D eigenvalue weighted by Gasteiger charge is -2.35. The Morgan fingerprint density at radius 1 is 1.50 bits per heavy atom. The van der Waals surface area contributed by atoms with Crippen LogP contribution in [0.4, 0.5) is 0 Å². The molecule has 1 fully saturated rings. The first kappa shape index (κ1) is 15.2. The maximum atomic E-state index is 12.6. The van der Waals surface area contributed by atoms with Gasteiger partial charge in [-0.2, -0.15) is 5.10 Å².